The number of thiazole rings is 1. The highest BCUT2D eigenvalue weighted by atomic mass is 32.2. The maximum atomic E-state index is 13.9. The summed E-state index contributed by atoms with van der Waals surface area (Å²) in [5, 5.41) is 17.8. The average molecular weight is 602 g/mol. The van der Waals surface area contributed by atoms with Gasteiger partial charge in [-0.3, -0.25) is 13.9 Å². The summed E-state index contributed by atoms with van der Waals surface area (Å²) in [6.45, 7) is 2.87. The van der Waals surface area contributed by atoms with Gasteiger partial charge in [-0.15, -0.1) is 11.3 Å². The van der Waals surface area contributed by atoms with Gasteiger partial charge in [0.25, 0.3) is 0 Å². The molecule has 4 atom stereocenters. The van der Waals surface area contributed by atoms with Crippen LogP contribution in [0.3, 0.4) is 0 Å². The van der Waals surface area contributed by atoms with Crippen molar-refractivity contribution in [2.45, 2.75) is 51.3 Å². The molecule has 1 aliphatic carbocycles. The SMILES string of the molecule is Cc1csc(CN(C)C(=O)C2=CC(N(C)S(C)(=O)=O)=CC(C(N)=O)([C@H](Cc3ccccc3)[C@@H](O)[C@H]3CCCN3)C2)n1. The number of primary amides is 1. The molecule has 2 aliphatic rings. The van der Waals surface area contributed by atoms with E-state index < -0.39 is 33.4 Å². The summed E-state index contributed by atoms with van der Waals surface area (Å²) >= 11 is 1.44. The van der Waals surface area contributed by atoms with E-state index in [-0.39, 0.29) is 36.2 Å². The van der Waals surface area contributed by atoms with Crippen LogP contribution in [0.15, 0.2) is 59.1 Å². The minimum atomic E-state index is -3.75. The molecule has 0 saturated carbocycles. The number of carbonyl (C=O) groups is 2. The number of aromatic nitrogens is 1. The van der Waals surface area contributed by atoms with Crippen LogP contribution >= 0.6 is 11.3 Å². The third-order valence-electron chi connectivity index (χ3n) is 8.07. The van der Waals surface area contributed by atoms with E-state index in [0.29, 0.717) is 6.42 Å². The van der Waals surface area contributed by atoms with E-state index in [1.807, 2.05) is 42.6 Å². The van der Waals surface area contributed by atoms with E-state index in [2.05, 4.69) is 10.3 Å². The highest BCUT2D eigenvalue weighted by Crippen LogP contribution is 2.46. The molecule has 1 aliphatic heterocycles. The Morgan fingerprint density at radius 2 is 1.98 bits per heavy atom. The molecule has 12 heteroatoms. The Bertz CT molecular complexity index is 1430. The minimum absolute atomic E-state index is 0.0786. The molecule has 0 spiro atoms. The fourth-order valence-electron chi connectivity index (χ4n) is 5.75. The molecule has 1 aromatic heterocycles. The summed E-state index contributed by atoms with van der Waals surface area (Å²) in [4.78, 5) is 33.4. The number of aliphatic hydroxyl groups is 1. The lowest BCUT2D eigenvalue weighted by atomic mass is 9.63. The fraction of sp³-hybridized carbons (Fsp3) is 0.483. The smallest absolute Gasteiger partial charge is 0.250 e. The fourth-order valence-corrected chi connectivity index (χ4v) is 7.06. The molecule has 0 bridgehead atoms. The van der Waals surface area contributed by atoms with Gasteiger partial charge in [-0.1, -0.05) is 30.3 Å². The second kappa shape index (κ2) is 12.4. The Labute approximate surface area is 246 Å². The van der Waals surface area contributed by atoms with E-state index in [9.17, 15) is 23.1 Å². The Hall–Kier alpha value is -3.06. The maximum Gasteiger partial charge on any atom is 0.250 e. The minimum Gasteiger partial charge on any atom is -0.391 e. The number of allylic oxidation sites excluding steroid dienone is 1. The first-order valence-electron chi connectivity index (χ1n) is 13.6. The molecule has 2 aromatic rings. The van der Waals surface area contributed by atoms with Gasteiger partial charge in [-0.25, -0.2) is 13.4 Å². The number of benzene rings is 1. The first-order valence-corrected chi connectivity index (χ1v) is 16.3. The number of hydrogen-bond acceptors (Lipinski definition) is 8. The van der Waals surface area contributed by atoms with Gasteiger partial charge in [-0.05, 0) is 56.9 Å². The lowest BCUT2D eigenvalue weighted by Gasteiger charge is -2.43. The van der Waals surface area contributed by atoms with Crippen molar-refractivity contribution in [3.05, 3.63) is 75.4 Å². The predicted molar refractivity (Wildman–Crippen MR) is 159 cm³/mol. The predicted octanol–water partition coefficient (Wildman–Crippen LogP) is 1.96. The van der Waals surface area contributed by atoms with E-state index in [1.165, 1.54) is 29.4 Å². The van der Waals surface area contributed by atoms with Crippen molar-refractivity contribution in [2.24, 2.45) is 17.1 Å². The van der Waals surface area contributed by atoms with Crippen molar-refractivity contribution >= 4 is 33.2 Å². The normalized spacial score (nSPS) is 22.4. The van der Waals surface area contributed by atoms with Crippen LogP contribution in [-0.2, 0) is 32.6 Å². The largest absolute Gasteiger partial charge is 0.391 e. The zero-order valence-corrected chi connectivity index (χ0v) is 25.5. The number of rotatable bonds is 11. The van der Waals surface area contributed by atoms with Gasteiger partial charge in [0.05, 0.1) is 24.3 Å². The van der Waals surface area contributed by atoms with Crippen LogP contribution in [0.2, 0.25) is 0 Å². The van der Waals surface area contributed by atoms with Crippen LogP contribution in [0.25, 0.3) is 0 Å². The third kappa shape index (κ3) is 6.88. The summed E-state index contributed by atoms with van der Waals surface area (Å²) in [6, 6.07) is 9.21. The Kier molecular flexibility index (Phi) is 9.37. The molecule has 1 aromatic carbocycles. The molecule has 4 N–H and O–H groups in total. The number of likely N-dealkylation sites (N-methyl/N-ethyl adjacent to an activating group) is 2. The Morgan fingerprint density at radius 3 is 2.54 bits per heavy atom. The van der Waals surface area contributed by atoms with Crippen molar-refractivity contribution in [1.29, 1.82) is 0 Å². The van der Waals surface area contributed by atoms with Crippen molar-refractivity contribution in [2.75, 3.05) is 26.9 Å². The van der Waals surface area contributed by atoms with Gasteiger partial charge < -0.3 is 21.1 Å². The number of amides is 2. The summed E-state index contributed by atoms with van der Waals surface area (Å²) in [6.07, 6.45) is 4.94. The van der Waals surface area contributed by atoms with Crippen LogP contribution in [0.1, 0.15) is 35.5 Å². The summed E-state index contributed by atoms with van der Waals surface area (Å²) in [5.41, 5.74) is 6.77. The van der Waals surface area contributed by atoms with Crippen LogP contribution < -0.4 is 11.1 Å². The van der Waals surface area contributed by atoms with Crippen LogP contribution in [-0.4, -0.2) is 78.6 Å². The molecule has 222 valence electrons. The second-order valence-electron chi connectivity index (χ2n) is 11.1. The number of aliphatic hydroxyl groups excluding tert-OH is 1. The zero-order chi connectivity index (χ0) is 29.9. The number of nitrogens with one attached hydrogen (secondary N) is 1. The van der Waals surface area contributed by atoms with Gasteiger partial charge in [0.15, 0.2) is 0 Å². The zero-order valence-electron chi connectivity index (χ0n) is 23.9. The first-order chi connectivity index (χ1) is 19.3. The topological polar surface area (TPSA) is 146 Å². The average Bonchev–Trinajstić information content (AvgIpc) is 3.62. The number of carbonyl (C=O) groups excluding carboxylic acids is 2. The van der Waals surface area contributed by atoms with Crippen molar-refractivity contribution in [3.63, 3.8) is 0 Å². The summed E-state index contributed by atoms with van der Waals surface area (Å²) in [5.74, 6) is -1.85. The third-order valence-corrected chi connectivity index (χ3v) is 10.2. The molecule has 1 fully saturated rings. The maximum absolute atomic E-state index is 13.9. The number of nitrogens with two attached hydrogens (primary N) is 1. The lowest BCUT2D eigenvalue weighted by molar-refractivity contribution is -0.132. The highest BCUT2D eigenvalue weighted by molar-refractivity contribution is 7.88. The number of nitrogens with zero attached hydrogens (tertiary/aromatic N) is 3. The summed E-state index contributed by atoms with van der Waals surface area (Å²) in [7, 11) is -0.737. The molecule has 4 rings (SSSR count). The quantitative estimate of drug-likeness (QED) is 0.357. The van der Waals surface area contributed by atoms with Crippen LogP contribution in [0.5, 0.6) is 0 Å². The highest BCUT2D eigenvalue weighted by Gasteiger charge is 2.51. The standard InChI is InChI=1S/C29H39N5O5S2/c1-19-18-40-25(32-19)17-33(2)27(36)21-14-22(34(3)41(4,38)39)16-29(15-21,28(30)37)23(13-20-9-6-5-7-10-20)26(35)24-11-8-12-31-24/h5-7,9-10,14,16,18,23-24,26,31,35H,8,11-13,15,17H2,1-4H3,(H2,30,37)/t23-,24-,26-,29?/m1/s1. The number of hydrogen-bond donors (Lipinski definition) is 3. The van der Waals surface area contributed by atoms with Crippen molar-refractivity contribution in [3.8, 4) is 0 Å². The van der Waals surface area contributed by atoms with Gasteiger partial charge >= 0.3 is 0 Å². The molecule has 1 unspecified atom stereocenters. The molecule has 2 amide bonds. The number of aryl methyl sites for hydroxylation is 1. The molecule has 0 radical (unpaired) electrons. The van der Waals surface area contributed by atoms with Crippen molar-refractivity contribution in [1.82, 2.24) is 19.5 Å². The van der Waals surface area contributed by atoms with Gasteiger partial charge in [0.2, 0.25) is 21.8 Å². The number of sulfonamides is 1. The molecule has 1 saturated heterocycles. The Balaban J connectivity index is 1.82. The van der Waals surface area contributed by atoms with E-state index in [1.54, 1.807) is 13.1 Å². The lowest BCUT2D eigenvalue weighted by Crippen LogP contribution is -2.54. The first kappa shape index (κ1) is 30.9. The van der Waals surface area contributed by atoms with Crippen LogP contribution in [0.4, 0.5) is 0 Å². The van der Waals surface area contributed by atoms with Crippen LogP contribution in [0, 0.1) is 18.3 Å². The van der Waals surface area contributed by atoms with E-state index >= 15 is 0 Å². The van der Waals surface area contributed by atoms with Gasteiger partial charge in [0, 0.05) is 48.4 Å². The monoisotopic (exact) mass is 601 g/mol. The molecule has 10 nitrogen and oxygen atoms in total. The van der Waals surface area contributed by atoms with E-state index in [4.69, 9.17) is 5.73 Å². The van der Waals surface area contributed by atoms with Crippen molar-refractivity contribution < 1.29 is 23.1 Å². The molecular formula is C29H39N5O5S2. The van der Waals surface area contributed by atoms with Gasteiger partial charge in [-0.2, -0.15) is 0 Å². The molecular weight excluding hydrogens is 562 g/mol. The summed E-state index contributed by atoms with van der Waals surface area (Å²) < 4.78 is 26.3. The van der Waals surface area contributed by atoms with Gasteiger partial charge in [0.1, 0.15) is 5.01 Å². The molecule has 41 heavy (non-hydrogen) atoms. The second-order valence-corrected chi connectivity index (χ2v) is 14.0. The molecule has 2 heterocycles. The Morgan fingerprint density at radius 1 is 1.27 bits per heavy atom. The van der Waals surface area contributed by atoms with E-state index in [0.717, 1.165) is 46.2 Å².